The van der Waals surface area contributed by atoms with Crippen LogP contribution in [0.2, 0.25) is 0 Å². The van der Waals surface area contributed by atoms with E-state index < -0.39 is 0 Å². The molecule has 98 valence electrons. The van der Waals surface area contributed by atoms with Crippen LogP contribution in [0.15, 0.2) is 6.33 Å². The van der Waals surface area contributed by atoms with E-state index in [2.05, 4.69) is 16.5 Å². The van der Waals surface area contributed by atoms with Crippen LogP contribution in [0.25, 0.3) is 0 Å². The molecule has 4 aliphatic rings. The van der Waals surface area contributed by atoms with Gasteiger partial charge in [-0.25, -0.2) is 4.98 Å². The maximum Gasteiger partial charge on any atom is 0.126 e. The number of hydrogen-bond acceptors (Lipinski definition) is 2. The SMILES string of the molecule is CCn1cnc(C2C3CC4CC(C3)CC2C4)c1N. The zero-order chi connectivity index (χ0) is 12.3. The molecule has 0 radical (unpaired) electrons. The Morgan fingerprint density at radius 2 is 1.78 bits per heavy atom. The Kier molecular flexibility index (Phi) is 2.27. The summed E-state index contributed by atoms with van der Waals surface area (Å²) in [6, 6.07) is 0. The van der Waals surface area contributed by atoms with Gasteiger partial charge in [-0.05, 0) is 62.7 Å². The van der Waals surface area contributed by atoms with Crippen molar-refractivity contribution in [1.82, 2.24) is 9.55 Å². The van der Waals surface area contributed by atoms with Gasteiger partial charge in [-0.3, -0.25) is 0 Å². The standard InChI is InChI=1S/C15H23N3/c1-2-18-8-17-14(15(18)16)13-11-4-9-3-10(6-11)7-12(13)5-9/h8-13H,2-7,16H2,1H3. The van der Waals surface area contributed by atoms with Crippen LogP contribution < -0.4 is 5.73 Å². The van der Waals surface area contributed by atoms with E-state index in [1.54, 1.807) is 0 Å². The molecule has 0 saturated heterocycles. The minimum Gasteiger partial charge on any atom is -0.384 e. The second-order valence-corrected chi connectivity index (χ2v) is 6.76. The molecule has 1 aromatic heterocycles. The van der Waals surface area contributed by atoms with Crippen LogP contribution in [0.4, 0.5) is 5.82 Å². The molecule has 3 nitrogen and oxygen atoms in total. The Balaban J connectivity index is 1.70. The number of nitrogens with zero attached hydrogens (tertiary/aromatic N) is 2. The predicted octanol–water partition coefficient (Wildman–Crippen LogP) is 3.02. The molecule has 4 fully saturated rings. The molecule has 4 bridgehead atoms. The third-order valence-electron chi connectivity index (χ3n) is 5.79. The van der Waals surface area contributed by atoms with E-state index in [4.69, 9.17) is 5.73 Å². The van der Waals surface area contributed by atoms with E-state index in [0.717, 1.165) is 36.0 Å². The molecular weight excluding hydrogens is 222 g/mol. The fourth-order valence-corrected chi connectivity index (χ4v) is 5.29. The summed E-state index contributed by atoms with van der Waals surface area (Å²) in [4.78, 5) is 4.67. The molecule has 0 spiro atoms. The molecule has 0 unspecified atom stereocenters. The van der Waals surface area contributed by atoms with Gasteiger partial charge in [-0.15, -0.1) is 0 Å². The molecule has 0 amide bonds. The Bertz CT molecular complexity index is 434. The van der Waals surface area contributed by atoms with Gasteiger partial charge in [-0.2, -0.15) is 0 Å². The van der Waals surface area contributed by atoms with Crippen molar-refractivity contribution in [3.63, 3.8) is 0 Å². The molecule has 5 rings (SSSR count). The highest BCUT2D eigenvalue weighted by Gasteiger charge is 2.49. The summed E-state index contributed by atoms with van der Waals surface area (Å²) in [6.07, 6.45) is 9.21. The summed E-state index contributed by atoms with van der Waals surface area (Å²) in [5.41, 5.74) is 7.52. The Hall–Kier alpha value is -0.990. The lowest BCUT2D eigenvalue weighted by Gasteiger charge is -2.54. The van der Waals surface area contributed by atoms with E-state index in [1.165, 1.54) is 37.8 Å². The first-order valence-electron chi connectivity index (χ1n) is 7.56. The van der Waals surface area contributed by atoms with Crippen molar-refractivity contribution < 1.29 is 0 Å². The molecule has 0 atom stereocenters. The average molecular weight is 245 g/mol. The van der Waals surface area contributed by atoms with Gasteiger partial charge in [0.05, 0.1) is 12.0 Å². The maximum atomic E-state index is 6.29. The summed E-state index contributed by atoms with van der Waals surface area (Å²) < 4.78 is 2.10. The molecule has 4 aliphatic carbocycles. The Labute approximate surface area is 109 Å². The van der Waals surface area contributed by atoms with E-state index in [-0.39, 0.29) is 0 Å². The van der Waals surface area contributed by atoms with Crippen LogP contribution >= 0.6 is 0 Å². The first kappa shape index (κ1) is 10.9. The molecular formula is C15H23N3. The molecule has 18 heavy (non-hydrogen) atoms. The quantitative estimate of drug-likeness (QED) is 0.870. The second-order valence-electron chi connectivity index (χ2n) is 6.76. The number of anilines is 1. The molecule has 0 aromatic carbocycles. The molecule has 2 N–H and O–H groups in total. The van der Waals surface area contributed by atoms with Gasteiger partial charge in [0.1, 0.15) is 5.82 Å². The highest BCUT2D eigenvalue weighted by atomic mass is 15.1. The summed E-state index contributed by atoms with van der Waals surface area (Å²) in [5.74, 6) is 5.42. The zero-order valence-corrected chi connectivity index (χ0v) is 11.2. The lowest BCUT2D eigenvalue weighted by molar-refractivity contribution is -0.00380. The largest absolute Gasteiger partial charge is 0.384 e. The van der Waals surface area contributed by atoms with Crippen molar-refractivity contribution in [2.24, 2.45) is 23.7 Å². The Morgan fingerprint density at radius 3 is 2.28 bits per heavy atom. The van der Waals surface area contributed by atoms with Crippen LogP contribution in [0, 0.1) is 23.7 Å². The van der Waals surface area contributed by atoms with Gasteiger partial charge in [0.15, 0.2) is 0 Å². The highest BCUT2D eigenvalue weighted by Crippen LogP contribution is 2.60. The number of imidazole rings is 1. The van der Waals surface area contributed by atoms with E-state index >= 15 is 0 Å². The second kappa shape index (κ2) is 3.75. The number of nitrogen functional groups attached to an aromatic ring is 1. The van der Waals surface area contributed by atoms with Crippen molar-refractivity contribution in [3.05, 3.63) is 12.0 Å². The molecule has 1 aromatic rings. The summed E-state index contributed by atoms with van der Waals surface area (Å²) >= 11 is 0. The summed E-state index contributed by atoms with van der Waals surface area (Å²) in [7, 11) is 0. The first-order chi connectivity index (χ1) is 8.76. The molecule has 3 heteroatoms. The number of aromatic nitrogens is 2. The molecule has 1 heterocycles. The van der Waals surface area contributed by atoms with Crippen LogP contribution in [0.3, 0.4) is 0 Å². The van der Waals surface area contributed by atoms with E-state index in [1.807, 2.05) is 6.33 Å². The number of rotatable bonds is 2. The minimum atomic E-state index is 0.672. The fourth-order valence-electron chi connectivity index (χ4n) is 5.29. The van der Waals surface area contributed by atoms with Gasteiger partial charge >= 0.3 is 0 Å². The van der Waals surface area contributed by atoms with Crippen molar-refractivity contribution >= 4 is 5.82 Å². The topological polar surface area (TPSA) is 43.8 Å². The van der Waals surface area contributed by atoms with Gasteiger partial charge in [0.2, 0.25) is 0 Å². The number of aryl methyl sites for hydroxylation is 1. The van der Waals surface area contributed by atoms with Gasteiger partial charge < -0.3 is 10.3 Å². The van der Waals surface area contributed by atoms with Gasteiger partial charge in [0, 0.05) is 12.5 Å². The van der Waals surface area contributed by atoms with Crippen molar-refractivity contribution in [1.29, 1.82) is 0 Å². The normalized spacial score (nSPS) is 41.5. The third-order valence-corrected chi connectivity index (χ3v) is 5.79. The van der Waals surface area contributed by atoms with Crippen LogP contribution in [-0.2, 0) is 6.54 Å². The summed E-state index contributed by atoms with van der Waals surface area (Å²) in [6.45, 7) is 3.07. The lowest BCUT2D eigenvalue weighted by atomic mass is 9.51. The predicted molar refractivity (Wildman–Crippen MR) is 72.1 cm³/mol. The highest BCUT2D eigenvalue weighted by molar-refractivity contribution is 5.40. The summed E-state index contributed by atoms with van der Waals surface area (Å²) in [5, 5.41) is 0. The Morgan fingerprint density at radius 1 is 1.17 bits per heavy atom. The van der Waals surface area contributed by atoms with Crippen LogP contribution in [-0.4, -0.2) is 9.55 Å². The third kappa shape index (κ3) is 1.39. The number of hydrogen-bond donors (Lipinski definition) is 1. The fraction of sp³-hybridized carbons (Fsp3) is 0.800. The lowest BCUT2D eigenvalue weighted by Crippen LogP contribution is -2.44. The van der Waals surface area contributed by atoms with Crippen molar-refractivity contribution in [2.45, 2.75) is 51.5 Å². The van der Waals surface area contributed by atoms with Crippen LogP contribution in [0.1, 0.15) is 50.6 Å². The minimum absolute atomic E-state index is 0.672. The van der Waals surface area contributed by atoms with E-state index in [0.29, 0.717) is 5.92 Å². The zero-order valence-electron chi connectivity index (χ0n) is 11.2. The van der Waals surface area contributed by atoms with Gasteiger partial charge in [0.25, 0.3) is 0 Å². The van der Waals surface area contributed by atoms with Crippen molar-refractivity contribution in [2.75, 3.05) is 5.73 Å². The number of nitrogens with two attached hydrogens (primary N) is 1. The molecule has 0 aliphatic heterocycles. The maximum absolute atomic E-state index is 6.29. The molecule has 4 saturated carbocycles. The monoisotopic (exact) mass is 245 g/mol. The first-order valence-corrected chi connectivity index (χ1v) is 7.56. The van der Waals surface area contributed by atoms with Crippen molar-refractivity contribution in [3.8, 4) is 0 Å². The average Bonchev–Trinajstić information content (AvgIpc) is 2.70. The van der Waals surface area contributed by atoms with E-state index in [9.17, 15) is 0 Å². The smallest absolute Gasteiger partial charge is 0.126 e. The van der Waals surface area contributed by atoms with Crippen LogP contribution in [0.5, 0.6) is 0 Å². The van der Waals surface area contributed by atoms with Gasteiger partial charge in [-0.1, -0.05) is 0 Å².